The van der Waals surface area contributed by atoms with Gasteiger partial charge in [0.25, 0.3) is 0 Å². The van der Waals surface area contributed by atoms with Gasteiger partial charge in [0, 0.05) is 0 Å². The normalized spacial score (nSPS) is 40.8. The van der Waals surface area contributed by atoms with Crippen LogP contribution in [0.4, 0.5) is 0 Å². The van der Waals surface area contributed by atoms with Crippen molar-refractivity contribution in [3.8, 4) is 0 Å². The van der Waals surface area contributed by atoms with Crippen LogP contribution in [0.25, 0.3) is 0 Å². The molecule has 2 heteroatoms. The summed E-state index contributed by atoms with van der Waals surface area (Å²) in [5, 5.41) is 19.6. The van der Waals surface area contributed by atoms with Crippen LogP contribution in [0, 0.1) is 5.41 Å². The third-order valence-corrected chi connectivity index (χ3v) is 3.25. The molecule has 1 aliphatic carbocycles. The van der Waals surface area contributed by atoms with Crippen LogP contribution < -0.4 is 0 Å². The van der Waals surface area contributed by atoms with Crippen LogP contribution in [0.15, 0.2) is 11.6 Å². The molecule has 0 saturated carbocycles. The fourth-order valence-electron chi connectivity index (χ4n) is 1.77. The van der Waals surface area contributed by atoms with Crippen LogP contribution >= 0.6 is 0 Å². The van der Waals surface area contributed by atoms with Gasteiger partial charge in [-0.3, -0.25) is 0 Å². The Kier molecular flexibility index (Phi) is 2.09. The predicted molar refractivity (Wildman–Crippen MR) is 48.8 cm³/mol. The van der Waals surface area contributed by atoms with Crippen molar-refractivity contribution in [1.29, 1.82) is 0 Å². The summed E-state index contributed by atoms with van der Waals surface area (Å²) < 4.78 is 0. The molecule has 0 fully saturated rings. The predicted octanol–water partition coefficient (Wildman–Crippen LogP) is 1.47. The Morgan fingerprint density at radius 3 is 2.33 bits per heavy atom. The molecule has 70 valence electrons. The van der Waals surface area contributed by atoms with Gasteiger partial charge in [-0.2, -0.15) is 0 Å². The second-order valence-electron chi connectivity index (χ2n) is 4.58. The number of aliphatic hydroxyl groups is 2. The van der Waals surface area contributed by atoms with Crippen LogP contribution in [0.2, 0.25) is 0 Å². The topological polar surface area (TPSA) is 40.5 Å². The molecule has 0 bridgehead atoms. The Morgan fingerprint density at radius 2 is 1.92 bits per heavy atom. The van der Waals surface area contributed by atoms with Gasteiger partial charge in [-0.05, 0) is 31.3 Å². The summed E-state index contributed by atoms with van der Waals surface area (Å²) in [4.78, 5) is 0. The fraction of sp³-hybridized carbons (Fsp3) is 0.800. The van der Waals surface area contributed by atoms with E-state index in [0.29, 0.717) is 6.42 Å². The zero-order chi connectivity index (χ0) is 9.57. The van der Waals surface area contributed by atoms with E-state index < -0.39 is 11.7 Å². The molecule has 1 rings (SSSR count). The minimum atomic E-state index is -0.785. The highest BCUT2D eigenvalue weighted by Gasteiger charge is 2.44. The number of rotatable bonds is 0. The molecule has 0 aromatic rings. The molecule has 0 saturated heterocycles. The maximum Gasteiger partial charge on any atom is 0.0878 e. The van der Waals surface area contributed by atoms with Gasteiger partial charge in [0.05, 0.1) is 11.7 Å². The van der Waals surface area contributed by atoms with Crippen molar-refractivity contribution in [2.75, 3.05) is 0 Å². The van der Waals surface area contributed by atoms with Crippen molar-refractivity contribution in [2.45, 2.75) is 45.8 Å². The second-order valence-corrected chi connectivity index (χ2v) is 4.58. The summed E-state index contributed by atoms with van der Waals surface area (Å²) in [6.45, 7) is 7.63. The summed E-state index contributed by atoms with van der Waals surface area (Å²) in [5.41, 5.74) is -0.163. The van der Waals surface area contributed by atoms with Crippen molar-refractivity contribution in [3.05, 3.63) is 11.6 Å². The Balaban J connectivity index is 3.06. The number of hydrogen-bond donors (Lipinski definition) is 2. The maximum absolute atomic E-state index is 10.1. The summed E-state index contributed by atoms with van der Waals surface area (Å²) >= 11 is 0. The monoisotopic (exact) mass is 170 g/mol. The molecule has 0 spiro atoms. The van der Waals surface area contributed by atoms with Crippen LogP contribution in [-0.4, -0.2) is 21.9 Å². The maximum atomic E-state index is 10.1. The van der Waals surface area contributed by atoms with E-state index in [-0.39, 0.29) is 5.41 Å². The van der Waals surface area contributed by atoms with Crippen molar-refractivity contribution in [1.82, 2.24) is 0 Å². The van der Waals surface area contributed by atoms with Gasteiger partial charge in [-0.25, -0.2) is 0 Å². The van der Waals surface area contributed by atoms with E-state index in [0.717, 1.165) is 5.57 Å². The standard InChI is InChI=1S/C10H18O2/c1-7-5-8(11)6-9(2,3)10(7,4)12/h5,8,11-12H,6H2,1-4H3. The Morgan fingerprint density at radius 1 is 1.42 bits per heavy atom. The van der Waals surface area contributed by atoms with E-state index in [1.54, 1.807) is 6.08 Å². The molecule has 0 amide bonds. The number of aliphatic hydroxyl groups excluding tert-OH is 1. The summed E-state index contributed by atoms with van der Waals surface area (Å²) in [7, 11) is 0. The summed E-state index contributed by atoms with van der Waals surface area (Å²) in [5.74, 6) is 0. The molecule has 2 atom stereocenters. The zero-order valence-electron chi connectivity index (χ0n) is 8.26. The minimum absolute atomic E-state index is 0.245. The number of hydrogen-bond acceptors (Lipinski definition) is 2. The molecule has 0 aromatic carbocycles. The fourth-order valence-corrected chi connectivity index (χ4v) is 1.77. The van der Waals surface area contributed by atoms with Crippen molar-refractivity contribution in [2.24, 2.45) is 5.41 Å². The average molecular weight is 170 g/mol. The molecule has 0 aromatic heterocycles. The highest BCUT2D eigenvalue weighted by Crippen LogP contribution is 2.43. The molecule has 2 unspecified atom stereocenters. The smallest absolute Gasteiger partial charge is 0.0878 e. The largest absolute Gasteiger partial charge is 0.389 e. The van der Waals surface area contributed by atoms with E-state index in [9.17, 15) is 10.2 Å². The van der Waals surface area contributed by atoms with Crippen LogP contribution in [-0.2, 0) is 0 Å². The van der Waals surface area contributed by atoms with E-state index in [1.165, 1.54) is 0 Å². The van der Waals surface area contributed by atoms with E-state index in [4.69, 9.17) is 0 Å². The molecule has 0 aliphatic heterocycles. The average Bonchev–Trinajstić information content (AvgIpc) is 1.82. The first kappa shape index (κ1) is 9.75. The summed E-state index contributed by atoms with van der Waals surface area (Å²) in [6, 6.07) is 0. The highest BCUT2D eigenvalue weighted by atomic mass is 16.3. The van der Waals surface area contributed by atoms with Gasteiger partial charge in [0.1, 0.15) is 0 Å². The highest BCUT2D eigenvalue weighted by molar-refractivity contribution is 5.23. The minimum Gasteiger partial charge on any atom is -0.389 e. The third kappa shape index (κ3) is 1.29. The SMILES string of the molecule is CC1=CC(O)CC(C)(C)C1(C)O. The van der Waals surface area contributed by atoms with Gasteiger partial charge in [-0.15, -0.1) is 0 Å². The van der Waals surface area contributed by atoms with Crippen molar-refractivity contribution >= 4 is 0 Å². The molecule has 1 aliphatic rings. The van der Waals surface area contributed by atoms with Crippen LogP contribution in [0.5, 0.6) is 0 Å². The van der Waals surface area contributed by atoms with Gasteiger partial charge < -0.3 is 10.2 Å². The molecular formula is C10H18O2. The van der Waals surface area contributed by atoms with Crippen LogP contribution in [0.3, 0.4) is 0 Å². The lowest BCUT2D eigenvalue weighted by Crippen LogP contribution is -2.47. The lowest BCUT2D eigenvalue weighted by atomic mass is 9.65. The Hall–Kier alpha value is -0.340. The molecule has 2 N–H and O–H groups in total. The van der Waals surface area contributed by atoms with Gasteiger partial charge >= 0.3 is 0 Å². The Bertz CT molecular complexity index is 214. The van der Waals surface area contributed by atoms with Gasteiger partial charge in [-0.1, -0.05) is 19.9 Å². The second kappa shape index (κ2) is 2.57. The lowest BCUT2D eigenvalue weighted by Gasteiger charge is -2.45. The first-order chi connectivity index (χ1) is 5.27. The van der Waals surface area contributed by atoms with Crippen LogP contribution in [0.1, 0.15) is 34.1 Å². The third-order valence-electron chi connectivity index (χ3n) is 3.25. The molecule has 0 radical (unpaired) electrons. The zero-order valence-corrected chi connectivity index (χ0v) is 8.26. The van der Waals surface area contributed by atoms with Crippen molar-refractivity contribution < 1.29 is 10.2 Å². The van der Waals surface area contributed by atoms with E-state index >= 15 is 0 Å². The van der Waals surface area contributed by atoms with Crippen molar-refractivity contribution in [3.63, 3.8) is 0 Å². The molecule has 0 heterocycles. The van der Waals surface area contributed by atoms with Gasteiger partial charge in [0.15, 0.2) is 0 Å². The lowest BCUT2D eigenvalue weighted by molar-refractivity contribution is -0.0511. The molecule has 2 nitrogen and oxygen atoms in total. The Labute approximate surface area is 73.9 Å². The molecular weight excluding hydrogens is 152 g/mol. The first-order valence-electron chi connectivity index (χ1n) is 4.37. The quantitative estimate of drug-likeness (QED) is 0.540. The van der Waals surface area contributed by atoms with E-state index in [1.807, 2.05) is 27.7 Å². The van der Waals surface area contributed by atoms with E-state index in [2.05, 4.69) is 0 Å². The molecule has 12 heavy (non-hydrogen) atoms. The summed E-state index contributed by atoms with van der Waals surface area (Å²) in [6.07, 6.45) is 1.96. The van der Waals surface area contributed by atoms with Gasteiger partial charge in [0.2, 0.25) is 0 Å². The first-order valence-corrected chi connectivity index (χ1v) is 4.37.